The largest absolute Gasteiger partial charge is 0.481 e. The van der Waals surface area contributed by atoms with Crippen molar-refractivity contribution in [3.8, 4) is 0 Å². The quantitative estimate of drug-likeness (QED) is 0.0590. The number of carbonyl (C=O) groups is 4. The normalized spacial score (nSPS) is 13.5. The van der Waals surface area contributed by atoms with Gasteiger partial charge in [-0.25, -0.2) is 0 Å². The van der Waals surface area contributed by atoms with Crippen LogP contribution in [0.1, 0.15) is 167 Å². The van der Waals surface area contributed by atoms with Crippen molar-refractivity contribution in [2.75, 3.05) is 0 Å². The Balaban J connectivity index is 5.04. The van der Waals surface area contributed by atoms with Crippen LogP contribution in [0.2, 0.25) is 0 Å². The number of aliphatic carboxylic acids is 4. The average molecular weight is 585 g/mol. The summed E-state index contributed by atoms with van der Waals surface area (Å²) in [6.45, 7) is 2.37. The minimum Gasteiger partial charge on any atom is -0.481 e. The predicted molar refractivity (Wildman–Crippen MR) is 162 cm³/mol. The van der Waals surface area contributed by atoms with Crippen LogP contribution in [-0.2, 0) is 19.2 Å². The summed E-state index contributed by atoms with van der Waals surface area (Å²) in [4.78, 5) is 43.2. The summed E-state index contributed by atoms with van der Waals surface area (Å²) >= 11 is 0. The number of carboxylic acids is 4. The molecule has 3 atom stereocenters. The van der Waals surface area contributed by atoms with E-state index in [1.165, 1.54) is 6.42 Å². The lowest BCUT2D eigenvalue weighted by Crippen LogP contribution is -2.23. The molecule has 0 fully saturated rings. The van der Waals surface area contributed by atoms with Crippen molar-refractivity contribution in [2.45, 2.75) is 167 Å². The molecule has 0 radical (unpaired) electrons. The van der Waals surface area contributed by atoms with Crippen molar-refractivity contribution in [1.29, 1.82) is 0 Å². The maximum atomic E-state index is 10.8. The molecule has 0 rings (SSSR count). The molecule has 8 nitrogen and oxygen atoms in total. The monoisotopic (exact) mass is 584 g/mol. The minimum absolute atomic E-state index is 0.235. The molecule has 0 spiro atoms. The van der Waals surface area contributed by atoms with Gasteiger partial charge < -0.3 is 20.4 Å². The number of unbranched alkanes of at least 4 members (excludes halogenated alkanes) is 13. The van der Waals surface area contributed by atoms with Crippen molar-refractivity contribution in [3.05, 3.63) is 0 Å². The van der Waals surface area contributed by atoms with E-state index >= 15 is 0 Å². The van der Waals surface area contributed by atoms with E-state index in [1.54, 1.807) is 0 Å². The first-order valence-corrected chi connectivity index (χ1v) is 16.5. The van der Waals surface area contributed by atoms with Crippen molar-refractivity contribution < 1.29 is 39.6 Å². The second-order valence-corrected chi connectivity index (χ2v) is 12.1. The van der Waals surface area contributed by atoms with Crippen LogP contribution in [0.5, 0.6) is 0 Å². The van der Waals surface area contributed by atoms with Gasteiger partial charge in [0.2, 0.25) is 0 Å². The van der Waals surface area contributed by atoms with Crippen molar-refractivity contribution in [3.63, 3.8) is 0 Å². The lowest BCUT2D eigenvalue weighted by Gasteiger charge is -2.33. The molecule has 0 aromatic rings. The first kappa shape index (κ1) is 38.9. The van der Waals surface area contributed by atoms with E-state index in [-0.39, 0.29) is 25.7 Å². The number of hydrogen-bond acceptors (Lipinski definition) is 4. The van der Waals surface area contributed by atoms with Crippen LogP contribution in [0.4, 0.5) is 0 Å². The summed E-state index contributed by atoms with van der Waals surface area (Å²) in [5, 5.41) is 35.6. The molecular formula is C33H60O8. The highest BCUT2D eigenvalue weighted by molar-refractivity contribution is 5.67. The Labute approximate surface area is 248 Å². The van der Waals surface area contributed by atoms with E-state index in [2.05, 4.69) is 6.92 Å². The van der Waals surface area contributed by atoms with Crippen molar-refractivity contribution in [1.82, 2.24) is 0 Å². The number of rotatable bonds is 31. The summed E-state index contributed by atoms with van der Waals surface area (Å²) in [6, 6.07) is 0. The first-order valence-electron chi connectivity index (χ1n) is 16.5. The molecule has 3 unspecified atom stereocenters. The average Bonchev–Trinajstić information content (AvgIpc) is 2.89. The highest BCUT2D eigenvalue weighted by Crippen LogP contribution is 2.37. The van der Waals surface area contributed by atoms with Gasteiger partial charge in [0, 0.05) is 25.7 Å². The predicted octanol–water partition coefficient (Wildman–Crippen LogP) is 8.95. The van der Waals surface area contributed by atoms with E-state index in [0.29, 0.717) is 17.8 Å². The fraction of sp³-hybridized carbons (Fsp3) is 0.879. The maximum absolute atomic E-state index is 10.8. The fourth-order valence-electron chi connectivity index (χ4n) is 6.13. The Morgan fingerprint density at radius 2 is 0.659 bits per heavy atom. The second-order valence-electron chi connectivity index (χ2n) is 12.1. The first-order chi connectivity index (χ1) is 19.6. The van der Waals surface area contributed by atoms with E-state index in [9.17, 15) is 19.2 Å². The van der Waals surface area contributed by atoms with Gasteiger partial charge in [0.15, 0.2) is 0 Å². The van der Waals surface area contributed by atoms with E-state index in [4.69, 9.17) is 20.4 Å². The molecule has 0 saturated heterocycles. The van der Waals surface area contributed by atoms with Gasteiger partial charge in [-0.05, 0) is 49.9 Å². The van der Waals surface area contributed by atoms with Gasteiger partial charge in [-0.3, -0.25) is 19.2 Å². The lowest BCUT2D eigenvalue weighted by atomic mass is 9.73. The second kappa shape index (κ2) is 26.8. The third-order valence-corrected chi connectivity index (χ3v) is 8.50. The Morgan fingerprint density at radius 3 is 1.00 bits per heavy atom. The summed E-state index contributed by atoms with van der Waals surface area (Å²) in [7, 11) is 0. The van der Waals surface area contributed by atoms with Crippen LogP contribution in [0.15, 0.2) is 0 Å². The molecule has 0 aliphatic heterocycles. The molecule has 0 aliphatic rings. The fourth-order valence-corrected chi connectivity index (χ4v) is 6.13. The molecule has 240 valence electrons. The van der Waals surface area contributed by atoms with Gasteiger partial charge in [-0.2, -0.15) is 0 Å². The Bertz CT molecular complexity index is 693. The van der Waals surface area contributed by atoms with E-state index in [1.807, 2.05) is 0 Å². The highest BCUT2D eigenvalue weighted by atomic mass is 16.4. The highest BCUT2D eigenvalue weighted by Gasteiger charge is 2.26. The van der Waals surface area contributed by atoms with Gasteiger partial charge in [0.1, 0.15) is 0 Å². The Kier molecular flexibility index (Phi) is 25.4. The summed E-state index contributed by atoms with van der Waals surface area (Å²) < 4.78 is 0. The molecule has 4 N–H and O–H groups in total. The third kappa shape index (κ3) is 26.5. The van der Waals surface area contributed by atoms with Gasteiger partial charge >= 0.3 is 23.9 Å². The standard InChI is InChI=1S/C33H60O8/c1-27(19-11-5-8-16-24-31(36)37)29(22-14-7-10-18-26-33(40)41)28(21-13-6-9-17-25-32(38)39)20-12-3-2-4-15-23-30(34)35/h27-29H,2-26H2,1H3,(H,34,35)(H,36,37)(H,38,39)(H,40,41). The SMILES string of the molecule is CC(CCCCCCC(=O)O)C(CCCCCCC(=O)O)C(CCCCCCCC(=O)O)CCCCCCC(=O)O. The summed E-state index contributed by atoms with van der Waals surface area (Å²) in [5.74, 6) is -1.14. The van der Waals surface area contributed by atoms with Crippen LogP contribution < -0.4 is 0 Å². The Hall–Kier alpha value is -2.12. The molecule has 0 bridgehead atoms. The van der Waals surface area contributed by atoms with Crippen LogP contribution in [0.3, 0.4) is 0 Å². The van der Waals surface area contributed by atoms with Crippen molar-refractivity contribution in [2.24, 2.45) is 17.8 Å². The minimum atomic E-state index is -0.730. The Morgan fingerprint density at radius 1 is 0.390 bits per heavy atom. The molecule has 41 heavy (non-hydrogen) atoms. The molecule has 0 aliphatic carbocycles. The van der Waals surface area contributed by atoms with Gasteiger partial charge in [-0.1, -0.05) is 110 Å². The summed E-state index contributed by atoms with van der Waals surface area (Å²) in [6.07, 6.45) is 22.1. The zero-order chi connectivity index (χ0) is 30.7. The molecule has 0 heterocycles. The lowest BCUT2D eigenvalue weighted by molar-refractivity contribution is -0.138. The number of hydrogen-bond donors (Lipinski definition) is 4. The van der Waals surface area contributed by atoms with E-state index in [0.717, 1.165) is 128 Å². The topological polar surface area (TPSA) is 149 Å². The molecule has 0 saturated carbocycles. The maximum Gasteiger partial charge on any atom is 0.303 e. The van der Waals surface area contributed by atoms with Crippen LogP contribution in [0.25, 0.3) is 0 Å². The smallest absolute Gasteiger partial charge is 0.303 e. The third-order valence-electron chi connectivity index (χ3n) is 8.50. The van der Waals surface area contributed by atoms with Crippen LogP contribution in [-0.4, -0.2) is 44.3 Å². The zero-order valence-corrected chi connectivity index (χ0v) is 25.8. The van der Waals surface area contributed by atoms with Gasteiger partial charge in [0.25, 0.3) is 0 Å². The summed E-state index contributed by atoms with van der Waals surface area (Å²) in [5.41, 5.74) is 0. The molecule has 0 aromatic carbocycles. The van der Waals surface area contributed by atoms with Gasteiger partial charge in [-0.15, -0.1) is 0 Å². The molecule has 8 heteroatoms. The number of carboxylic acid groups (broad SMARTS) is 4. The van der Waals surface area contributed by atoms with Crippen molar-refractivity contribution >= 4 is 23.9 Å². The zero-order valence-electron chi connectivity index (χ0n) is 25.8. The molecule has 0 aromatic heterocycles. The van der Waals surface area contributed by atoms with Gasteiger partial charge in [0.05, 0.1) is 0 Å². The van der Waals surface area contributed by atoms with E-state index < -0.39 is 23.9 Å². The van der Waals surface area contributed by atoms with Crippen LogP contribution in [0, 0.1) is 17.8 Å². The van der Waals surface area contributed by atoms with Crippen LogP contribution >= 0.6 is 0 Å². The molecular weight excluding hydrogens is 524 g/mol. The molecule has 0 amide bonds.